The van der Waals surface area contributed by atoms with Crippen LogP contribution in [0.3, 0.4) is 0 Å². The van der Waals surface area contributed by atoms with Crippen LogP contribution in [0.2, 0.25) is 26.2 Å². The summed E-state index contributed by atoms with van der Waals surface area (Å²) in [5.74, 6) is 0. The molecule has 0 aromatic heterocycles. The van der Waals surface area contributed by atoms with E-state index in [1.54, 1.807) is 10.8 Å². The van der Waals surface area contributed by atoms with Crippen LogP contribution in [0.25, 0.3) is 0 Å². The van der Waals surface area contributed by atoms with Gasteiger partial charge in [0.05, 0.1) is 0 Å². The van der Waals surface area contributed by atoms with Gasteiger partial charge < -0.3 is 0 Å². The van der Waals surface area contributed by atoms with E-state index in [0.29, 0.717) is 0 Å². The van der Waals surface area contributed by atoms with E-state index < -0.39 is 16.9 Å². The molecular formula is C17H23Si2. The van der Waals surface area contributed by atoms with Crippen molar-refractivity contribution in [1.82, 2.24) is 0 Å². The largest absolute Gasteiger partial charge is 0.118 e. The normalized spacial score (nSPS) is 11.8. The number of hydrogen-bond acceptors (Lipinski definition) is 0. The van der Waals surface area contributed by atoms with Crippen molar-refractivity contribution in [3.63, 3.8) is 0 Å². The maximum atomic E-state index is 2.45. The summed E-state index contributed by atoms with van der Waals surface area (Å²) in [5, 5.41) is 3.11. The highest BCUT2D eigenvalue weighted by molar-refractivity contribution is 6.85. The Morgan fingerprint density at radius 3 is 2.05 bits per heavy atom. The van der Waals surface area contributed by atoms with Crippen molar-refractivity contribution in [3.05, 3.63) is 60.2 Å². The fourth-order valence-electron chi connectivity index (χ4n) is 2.46. The van der Waals surface area contributed by atoms with Gasteiger partial charge in [0.2, 0.25) is 0 Å². The number of benzene rings is 2. The lowest BCUT2D eigenvalue weighted by molar-refractivity contribution is 1.33. The van der Waals surface area contributed by atoms with Crippen LogP contribution in [-0.4, -0.2) is 16.9 Å². The topological polar surface area (TPSA) is 0 Å². The van der Waals surface area contributed by atoms with E-state index in [4.69, 9.17) is 0 Å². The molecule has 0 N–H and O–H groups in total. The smallest absolute Gasteiger partial charge is 0.0693 e. The van der Waals surface area contributed by atoms with E-state index in [1.807, 2.05) is 0 Å². The maximum Gasteiger partial charge on any atom is 0.118 e. The third kappa shape index (κ3) is 3.92. The fourth-order valence-corrected chi connectivity index (χ4v) is 6.09. The standard InChI is InChI=1S/C17H23Si2/c1-18(16-11-6-5-7-12-16)17-13-9-8-10-15(17)14-19(2,3)4/h5-13H,14H2,1-4H3. The zero-order chi connectivity index (χ0) is 13.9. The Hall–Kier alpha value is -1.13. The molecule has 1 radical (unpaired) electrons. The van der Waals surface area contributed by atoms with Gasteiger partial charge in [-0.15, -0.1) is 0 Å². The molecule has 99 valence electrons. The van der Waals surface area contributed by atoms with Crippen molar-refractivity contribution >= 4 is 27.2 Å². The van der Waals surface area contributed by atoms with Crippen LogP contribution in [0.4, 0.5) is 0 Å². The lowest BCUT2D eigenvalue weighted by Gasteiger charge is -2.21. The maximum absolute atomic E-state index is 2.45. The molecule has 0 unspecified atom stereocenters. The second-order valence-electron chi connectivity index (χ2n) is 6.39. The molecule has 2 aromatic carbocycles. The summed E-state index contributed by atoms with van der Waals surface area (Å²) >= 11 is 0. The summed E-state index contributed by atoms with van der Waals surface area (Å²) in [7, 11) is -1.68. The molecule has 0 amide bonds. The Kier molecular flexibility index (Phi) is 4.43. The Morgan fingerprint density at radius 1 is 0.842 bits per heavy atom. The first kappa shape index (κ1) is 14.3. The Balaban J connectivity index is 2.35. The molecule has 0 nitrogen and oxygen atoms in total. The highest BCUT2D eigenvalue weighted by Gasteiger charge is 2.19. The molecular weight excluding hydrogens is 260 g/mol. The van der Waals surface area contributed by atoms with Gasteiger partial charge in [-0.05, 0) is 6.04 Å². The van der Waals surface area contributed by atoms with E-state index in [-0.39, 0.29) is 0 Å². The second-order valence-corrected chi connectivity index (χ2v) is 14.2. The first-order valence-corrected chi connectivity index (χ1v) is 12.7. The molecule has 0 aliphatic rings. The monoisotopic (exact) mass is 283 g/mol. The molecule has 2 aromatic rings. The van der Waals surface area contributed by atoms with Crippen LogP contribution < -0.4 is 10.4 Å². The molecule has 0 aliphatic carbocycles. The minimum Gasteiger partial charge on any atom is -0.0693 e. The number of rotatable bonds is 4. The van der Waals surface area contributed by atoms with Gasteiger partial charge in [-0.1, -0.05) is 96.7 Å². The Labute approximate surface area is 120 Å². The second kappa shape index (κ2) is 5.89. The van der Waals surface area contributed by atoms with Crippen molar-refractivity contribution in [2.75, 3.05) is 0 Å². The highest BCUT2D eigenvalue weighted by atomic mass is 28.3. The predicted octanol–water partition coefficient (Wildman–Crippen LogP) is 3.35. The minimum atomic E-state index is -1.06. The Morgan fingerprint density at radius 2 is 1.42 bits per heavy atom. The summed E-state index contributed by atoms with van der Waals surface area (Å²) in [4.78, 5) is 0. The third-order valence-corrected chi connectivity index (χ3v) is 7.29. The predicted molar refractivity (Wildman–Crippen MR) is 90.8 cm³/mol. The van der Waals surface area contributed by atoms with E-state index in [2.05, 4.69) is 80.8 Å². The van der Waals surface area contributed by atoms with Gasteiger partial charge in [-0.25, -0.2) is 0 Å². The van der Waals surface area contributed by atoms with Crippen molar-refractivity contribution in [3.8, 4) is 0 Å². The van der Waals surface area contributed by atoms with Crippen LogP contribution in [0.15, 0.2) is 54.6 Å². The molecule has 0 bridgehead atoms. The van der Waals surface area contributed by atoms with E-state index in [9.17, 15) is 0 Å². The zero-order valence-corrected chi connectivity index (χ0v) is 14.4. The molecule has 0 atom stereocenters. The van der Waals surface area contributed by atoms with E-state index in [0.717, 1.165) is 0 Å². The lowest BCUT2D eigenvalue weighted by atomic mass is 10.2. The molecule has 0 aliphatic heterocycles. The molecule has 0 saturated heterocycles. The van der Waals surface area contributed by atoms with Crippen LogP contribution in [0, 0.1) is 0 Å². The van der Waals surface area contributed by atoms with Crippen LogP contribution in [0.5, 0.6) is 0 Å². The summed E-state index contributed by atoms with van der Waals surface area (Å²) in [6, 6.07) is 21.3. The van der Waals surface area contributed by atoms with Crippen LogP contribution in [0.1, 0.15) is 5.56 Å². The first-order valence-electron chi connectivity index (χ1n) is 6.95. The summed E-state index contributed by atoms with van der Waals surface area (Å²) in [6.07, 6.45) is 0. The average molecular weight is 284 g/mol. The fraction of sp³-hybridized carbons (Fsp3) is 0.294. The zero-order valence-electron chi connectivity index (χ0n) is 12.4. The molecule has 2 rings (SSSR count). The van der Waals surface area contributed by atoms with Crippen molar-refractivity contribution in [2.24, 2.45) is 0 Å². The van der Waals surface area contributed by atoms with Gasteiger partial charge in [-0.3, -0.25) is 0 Å². The van der Waals surface area contributed by atoms with Gasteiger partial charge in [0.15, 0.2) is 0 Å². The van der Waals surface area contributed by atoms with Gasteiger partial charge in [-0.2, -0.15) is 0 Å². The molecule has 2 heteroatoms. The Bertz CT molecular complexity index is 526. The van der Waals surface area contributed by atoms with Gasteiger partial charge in [0.25, 0.3) is 0 Å². The minimum absolute atomic E-state index is 0.624. The van der Waals surface area contributed by atoms with Crippen molar-refractivity contribution < 1.29 is 0 Å². The molecule has 0 spiro atoms. The summed E-state index contributed by atoms with van der Waals surface area (Å²) in [5.41, 5.74) is 1.59. The van der Waals surface area contributed by atoms with Crippen LogP contribution in [-0.2, 0) is 6.04 Å². The highest BCUT2D eigenvalue weighted by Crippen LogP contribution is 2.10. The SMILES string of the molecule is C[Si](c1ccccc1)c1ccccc1C[Si](C)(C)C. The van der Waals surface area contributed by atoms with E-state index >= 15 is 0 Å². The van der Waals surface area contributed by atoms with Gasteiger partial charge in [0.1, 0.15) is 8.80 Å². The quantitative estimate of drug-likeness (QED) is 0.755. The first-order chi connectivity index (χ1) is 8.97. The van der Waals surface area contributed by atoms with E-state index in [1.165, 1.54) is 11.2 Å². The number of hydrogen-bond donors (Lipinski definition) is 0. The lowest BCUT2D eigenvalue weighted by Crippen LogP contribution is -2.42. The van der Waals surface area contributed by atoms with Crippen molar-refractivity contribution in [1.29, 1.82) is 0 Å². The van der Waals surface area contributed by atoms with Crippen LogP contribution >= 0.6 is 0 Å². The molecule has 0 fully saturated rings. The molecule has 19 heavy (non-hydrogen) atoms. The van der Waals surface area contributed by atoms with Gasteiger partial charge in [0, 0.05) is 8.07 Å². The summed E-state index contributed by atoms with van der Waals surface area (Å²) < 4.78 is 0. The van der Waals surface area contributed by atoms with Gasteiger partial charge >= 0.3 is 0 Å². The van der Waals surface area contributed by atoms with Crippen molar-refractivity contribution in [2.45, 2.75) is 32.2 Å². The molecule has 0 saturated carbocycles. The summed E-state index contributed by atoms with van der Waals surface area (Å²) in [6.45, 7) is 9.78. The third-order valence-electron chi connectivity index (χ3n) is 3.35. The molecule has 0 heterocycles. The average Bonchev–Trinajstić information content (AvgIpc) is 2.38.